The highest BCUT2D eigenvalue weighted by atomic mass is 35.5. The van der Waals surface area contributed by atoms with Gasteiger partial charge in [-0.05, 0) is 12.8 Å². The molecule has 0 aromatic rings. The second-order valence-corrected chi connectivity index (χ2v) is 18.1. The molecule has 0 bridgehead atoms. The van der Waals surface area contributed by atoms with Crippen LogP contribution in [0.4, 0.5) is 0 Å². The van der Waals surface area contributed by atoms with Crippen LogP contribution in [-0.2, 0) is 37.2 Å². The number of hydrogen-bond donors (Lipinski definition) is 0. The van der Waals surface area contributed by atoms with Gasteiger partial charge in [-0.3, -0.25) is 23.2 Å². The SMILES string of the molecule is CCCCCCCCCCCCCCCC(=O)OCC(COP(=O)(OCCC#N)OCCC[N+](C)(C)C)OC(=O)CCCCCCCCCCCCCCC.[Cl-]. The van der Waals surface area contributed by atoms with Crippen molar-refractivity contribution in [3.8, 4) is 6.07 Å². The molecule has 2 atom stereocenters. The maximum Gasteiger partial charge on any atom is 0.474 e. The zero-order chi connectivity index (χ0) is 40.7. The molecule has 0 fully saturated rings. The van der Waals surface area contributed by atoms with Crippen molar-refractivity contribution in [1.29, 1.82) is 5.26 Å². The molecule has 0 rings (SSSR count). The number of rotatable bonds is 42. The summed E-state index contributed by atoms with van der Waals surface area (Å²) in [5, 5.41) is 8.96. The summed E-state index contributed by atoms with van der Waals surface area (Å²) in [7, 11) is 2.10. The lowest BCUT2D eigenvalue weighted by Gasteiger charge is -2.25. The minimum Gasteiger partial charge on any atom is -1.00 e. The lowest BCUT2D eigenvalue weighted by Crippen LogP contribution is -3.00. The van der Waals surface area contributed by atoms with E-state index in [1.807, 2.05) is 6.07 Å². The Bertz CT molecular complexity index is 991. The molecular weight excluding hydrogens is 751 g/mol. The lowest BCUT2D eigenvalue weighted by atomic mass is 10.0. The van der Waals surface area contributed by atoms with Gasteiger partial charge in [-0.2, -0.15) is 5.26 Å². The van der Waals surface area contributed by atoms with Gasteiger partial charge in [0.25, 0.3) is 0 Å². The molecule has 0 aliphatic heterocycles. The molecule has 0 aromatic heterocycles. The fraction of sp³-hybridized carbons (Fsp3) is 0.932. The molecule has 0 saturated carbocycles. The van der Waals surface area contributed by atoms with E-state index in [0.717, 1.165) is 38.6 Å². The molecule has 12 heteroatoms. The number of halogens is 1. The molecule has 0 radical (unpaired) electrons. The Hall–Kier alpha value is -1.21. The summed E-state index contributed by atoms with van der Waals surface area (Å²) >= 11 is 0. The third-order valence-electron chi connectivity index (χ3n) is 9.80. The molecule has 2 unspecified atom stereocenters. The number of carbonyl (C=O) groups excluding carboxylic acids is 2. The number of quaternary nitrogens is 1. The van der Waals surface area contributed by atoms with Crippen LogP contribution in [0.5, 0.6) is 0 Å². The van der Waals surface area contributed by atoms with Crippen molar-refractivity contribution in [1.82, 2.24) is 0 Å². The maximum absolute atomic E-state index is 13.5. The predicted molar refractivity (Wildman–Crippen MR) is 225 cm³/mol. The monoisotopic (exact) mass is 837 g/mol. The summed E-state index contributed by atoms with van der Waals surface area (Å²) in [6, 6.07) is 1.96. The van der Waals surface area contributed by atoms with Crippen LogP contribution in [0, 0.1) is 11.3 Å². The molecule has 0 aromatic carbocycles. The Balaban J connectivity index is 0. The maximum atomic E-state index is 13.5. The molecular formula is C44H86ClN2O8P. The van der Waals surface area contributed by atoms with E-state index in [2.05, 4.69) is 35.0 Å². The minimum absolute atomic E-state index is 0. The number of hydrogen-bond acceptors (Lipinski definition) is 9. The first-order chi connectivity index (χ1) is 26.5. The number of ether oxygens (including phenoxy) is 2. The molecule has 56 heavy (non-hydrogen) atoms. The molecule has 332 valence electrons. The average molecular weight is 838 g/mol. The van der Waals surface area contributed by atoms with E-state index in [9.17, 15) is 14.2 Å². The van der Waals surface area contributed by atoms with Gasteiger partial charge in [0.2, 0.25) is 0 Å². The number of phosphoric acid groups is 1. The van der Waals surface area contributed by atoms with Crippen LogP contribution in [0.3, 0.4) is 0 Å². The van der Waals surface area contributed by atoms with Crippen LogP contribution in [0.25, 0.3) is 0 Å². The number of nitrogens with zero attached hydrogens (tertiary/aromatic N) is 2. The highest BCUT2D eigenvalue weighted by molar-refractivity contribution is 7.48. The third kappa shape index (κ3) is 41.0. The second-order valence-electron chi connectivity index (χ2n) is 16.5. The van der Waals surface area contributed by atoms with Crippen LogP contribution >= 0.6 is 7.82 Å². The van der Waals surface area contributed by atoms with Crippen LogP contribution in [-0.4, -0.2) is 76.6 Å². The summed E-state index contributed by atoms with van der Waals surface area (Å²) in [6.45, 7) is 4.77. The predicted octanol–water partition coefficient (Wildman–Crippen LogP) is 9.58. The minimum atomic E-state index is -4.06. The second kappa shape index (κ2) is 40.6. The van der Waals surface area contributed by atoms with Crippen LogP contribution < -0.4 is 12.4 Å². The normalized spacial score (nSPS) is 13.1. The molecule has 0 aliphatic rings. The Morgan fingerprint density at radius 1 is 0.554 bits per heavy atom. The van der Waals surface area contributed by atoms with Gasteiger partial charge in [0.05, 0.1) is 60.0 Å². The number of carbonyl (C=O) groups is 2. The highest BCUT2D eigenvalue weighted by Crippen LogP contribution is 2.49. The van der Waals surface area contributed by atoms with Crippen molar-refractivity contribution in [3.05, 3.63) is 0 Å². The third-order valence-corrected chi connectivity index (χ3v) is 11.3. The molecule has 0 spiro atoms. The molecule has 0 N–H and O–H groups in total. The number of nitriles is 1. The first-order valence-electron chi connectivity index (χ1n) is 22.6. The van der Waals surface area contributed by atoms with E-state index in [0.29, 0.717) is 23.7 Å². The largest absolute Gasteiger partial charge is 1.00 e. The summed E-state index contributed by atoms with van der Waals surface area (Å²) in [5.41, 5.74) is 0. The van der Waals surface area contributed by atoms with Crippen molar-refractivity contribution in [2.75, 3.05) is 54.1 Å². The Labute approximate surface area is 350 Å². The summed E-state index contributed by atoms with van der Waals surface area (Å²) in [6.07, 6.45) is 31.9. The van der Waals surface area contributed by atoms with Crippen LogP contribution in [0.1, 0.15) is 206 Å². The quantitative estimate of drug-likeness (QED) is 0.0256. The first kappa shape index (κ1) is 56.9. The number of phosphoric ester groups is 1. The lowest BCUT2D eigenvalue weighted by molar-refractivity contribution is -0.870. The fourth-order valence-corrected chi connectivity index (χ4v) is 7.64. The van der Waals surface area contributed by atoms with Gasteiger partial charge in [0.1, 0.15) is 6.61 Å². The van der Waals surface area contributed by atoms with Crippen molar-refractivity contribution >= 4 is 19.8 Å². The van der Waals surface area contributed by atoms with Crippen molar-refractivity contribution in [2.24, 2.45) is 0 Å². The molecule has 10 nitrogen and oxygen atoms in total. The topological polar surface area (TPSA) is 121 Å². The number of esters is 2. The molecule has 0 amide bonds. The average Bonchev–Trinajstić information content (AvgIpc) is 3.15. The van der Waals surface area contributed by atoms with E-state index in [1.54, 1.807) is 0 Å². The van der Waals surface area contributed by atoms with Gasteiger partial charge >= 0.3 is 19.8 Å². The van der Waals surface area contributed by atoms with Crippen LogP contribution in [0.2, 0.25) is 0 Å². The Kier molecular flexibility index (Phi) is 41.2. The zero-order valence-electron chi connectivity index (χ0n) is 36.8. The van der Waals surface area contributed by atoms with Gasteiger partial charge in [0.15, 0.2) is 6.10 Å². The Morgan fingerprint density at radius 3 is 1.36 bits per heavy atom. The van der Waals surface area contributed by atoms with E-state index in [1.165, 1.54) is 128 Å². The standard InChI is InChI=1S/C44H86N2O8P.ClH/c1-6-8-10-12-14-16-18-20-22-24-26-28-30-34-43(47)50-40-42(41-53-55(49,51-38-32-36-45)52-39-33-37-46(3,4)5)54-44(48)35-31-29-27-25-23-21-19-17-15-13-11-9-7-2;/h42H,6-35,37-41H2,1-5H3;1H/q+1;/p-1. The summed E-state index contributed by atoms with van der Waals surface area (Å²) in [4.78, 5) is 25.5. The smallest absolute Gasteiger partial charge is 0.474 e. The van der Waals surface area contributed by atoms with Crippen LogP contribution in [0.15, 0.2) is 0 Å². The van der Waals surface area contributed by atoms with Crippen molar-refractivity contribution < 1.29 is 54.1 Å². The van der Waals surface area contributed by atoms with Gasteiger partial charge in [0, 0.05) is 19.3 Å². The molecule has 0 saturated heterocycles. The summed E-state index contributed by atoms with van der Waals surface area (Å²) in [5.74, 6) is -0.765. The number of unbranched alkanes of at least 4 members (excludes halogenated alkanes) is 24. The van der Waals surface area contributed by atoms with Gasteiger partial charge in [-0.25, -0.2) is 4.57 Å². The highest BCUT2D eigenvalue weighted by Gasteiger charge is 2.30. The molecule has 0 aliphatic carbocycles. The summed E-state index contributed by atoms with van der Waals surface area (Å²) < 4.78 is 42.0. The van der Waals surface area contributed by atoms with E-state index in [4.69, 9.17) is 28.3 Å². The van der Waals surface area contributed by atoms with E-state index >= 15 is 0 Å². The Morgan fingerprint density at radius 2 is 0.946 bits per heavy atom. The van der Waals surface area contributed by atoms with Crippen molar-refractivity contribution in [3.63, 3.8) is 0 Å². The van der Waals surface area contributed by atoms with Gasteiger partial charge in [-0.15, -0.1) is 0 Å². The van der Waals surface area contributed by atoms with E-state index < -0.39 is 19.9 Å². The zero-order valence-corrected chi connectivity index (χ0v) is 38.5. The van der Waals surface area contributed by atoms with Crippen molar-refractivity contribution in [2.45, 2.75) is 213 Å². The van der Waals surface area contributed by atoms with Gasteiger partial charge < -0.3 is 26.4 Å². The van der Waals surface area contributed by atoms with Gasteiger partial charge in [-0.1, -0.05) is 168 Å². The first-order valence-corrected chi connectivity index (χ1v) is 24.1. The molecule has 0 heterocycles. The fourth-order valence-electron chi connectivity index (χ4n) is 6.40. The van der Waals surface area contributed by atoms with E-state index in [-0.39, 0.29) is 57.6 Å².